The average molecular weight is 309 g/mol. The van der Waals surface area contributed by atoms with E-state index in [2.05, 4.69) is 21.7 Å². The maximum Gasteiger partial charge on any atom is 0.251 e. The van der Waals surface area contributed by atoms with Crippen LogP contribution in [0.3, 0.4) is 0 Å². The molecule has 20 heavy (non-hydrogen) atoms. The van der Waals surface area contributed by atoms with E-state index in [9.17, 15) is 4.79 Å². The number of amides is 1. The van der Waals surface area contributed by atoms with E-state index >= 15 is 0 Å². The molecule has 106 valence electrons. The number of likely N-dealkylation sites (N-methyl/N-ethyl adjacent to an activating group) is 1. The Kier molecular flexibility index (Phi) is 5.17. The van der Waals surface area contributed by atoms with Gasteiger partial charge in [0.05, 0.1) is 6.04 Å². The molecule has 0 unspecified atom stereocenters. The van der Waals surface area contributed by atoms with E-state index in [-0.39, 0.29) is 11.9 Å². The second-order valence-electron chi connectivity index (χ2n) is 4.76. The van der Waals surface area contributed by atoms with Gasteiger partial charge in [0.2, 0.25) is 0 Å². The van der Waals surface area contributed by atoms with Gasteiger partial charge >= 0.3 is 0 Å². The monoisotopic (exact) mass is 308 g/mol. The predicted octanol–water partition coefficient (Wildman–Crippen LogP) is 3.43. The highest BCUT2D eigenvalue weighted by Crippen LogP contribution is 2.20. The number of rotatable bonds is 5. The smallest absolute Gasteiger partial charge is 0.251 e. The lowest BCUT2D eigenvalue weighted by Crippen LogP contribution is -2.34. The van der Waals surface area contributed by atoms with E-state index in [1.807, 2.05) is 19.5 Å². The lowest BCUT2D eigenvalue weighted by molar-refractivity contribution is 0.0942. The second kappa shape index (κ2) is 6.88. The molecule has 1 aromatic carbocycles. The van der Waals surface area contributed by atoms with Gasteiger partial charge in [-0.1, -0.05) is 17.7 Å². The molecule has 1 amide bonds. The van der Waals surface area contributed by atoms with Crippen LogP contribution < -0.4 is 5.32 Å². The van der Waals surface area contributed by atoms with Crippen LogP contribution in [0.25, 0.3) is 0 Å². The largest absolute Gasteiger partial charge is 0.350 e. The lowest BCUT2D eigenvalue weighted by atomic mass is 10.1. The Hall–Kier alpha value is -1.36. The number of hydrogen-bond acceptors (Lipinski definition) is 3. The molecule has 0 fully saturated rings. The molecule has 0 aliphatic rings. The summed E-state index contributed by atoms with van der Waals surface area (Å²) in [6, 6.07) is 9.22. The molecule has 0 saturated heterocycles. The summed E-state index contributed by atoms with van der Waals surface area (Å²) in [6.07, 6.45) is 0. The highest BCUT2D eigenvalue weighted by atomic mass is 35.5. The zero-order chi connectivity index (χ0) is 14.5. The van der Waals surface area contributed by atoms with Gasteiger partial charge in [-0.2, -0.15) is 11.3 Å². The standard InChI is InChI=1S/C15H17ClN2OS/c1-18(2)14(12-6-7-20-10-12)9-17-15(19)11-4-3-5-13(16)8-11/h3-8,10,14H,9H2,1-2H3,(H,17,19)/t14-/m1/s1. The number of halogens is 1. The third-order valence-corrected chi connectivity index (χ3v) is 4.03. The van der Waals surface area contributed by atoms with Gasteiger partial charge < -0.3 is 10.2 Å². The van der Waals surface area contributed by atoms with Crippen LogP contribution in [-0.4, -0.2) is 31.4 Å². The van der Waals surface area contributed by atoms with Crippen molar-refractivity contribution in [3.63, 3.8) is 0 Å². The van der Waals surface area contributed by atoms with Gasteiger partial charge in [0, 0.05) is 17.1 Å². The van der Waals surface area contributed by atoms with E-state index in [1.54, 1.807) is 35.6 Å². The van der Waals surface area contributed by atoms with Crippen LogP contribution in [0.4, 0.5) is 0 Å². The highest BCUT2D eigenvalue weighted by Gasteiger charge is 2.16. The van der Waals surface area contributed by atoms with Crippen LogP contribution >= 0.6 is 22.9 Å². The van der Waals surface area contributed by atoms with E-state index in [4.69, 9.17) is 11.6 Å². The van der Waals surface area contributed by atoms with Gasteiger partial charge in [-0.25, -0.2) is 0 Å². The third kappa shape index (κ3) is 3.82. The first-order chi connectivity index (χ1) is 9.58. The van der Waals surface area contributed by atoms with Crippen LogP contribution in [0.5, 0.6) is 0 Å². The van der Waals surface area contributed by atoms with E-state index in [0.717, 1.165) is 0 Å². The minimum atomic E-state index is -0.102. The number of hydrogen-bond donors (Lipinski definition) is 1. The maximum absolute atomic E-state index is 12.1. The first-order valence-electron chi connectivity index (χ1n) is 6.30. The Bertz CT molecular complexity index is 569. The molecule has 0 bridgehead atoms. The van der Waals surface area contributed by atoms with E-state index in [1.165, 1.54) is 5.56 Å². The topological polar surface area (TPSA) is 32.3 Å². The zero-order valence-corrected chi connectivity index (χ0v) is 13.0. The fourth-order valence-corrected chi connectivity index (χ4v) is 2.88. The van der Waals surface area contributed by atoms with E-state index in [0.29, 0.717) is 17.1 Å². The summed E-state index contributed by atoms with van der Waals surface area (Å²) in [5.74, 6) is -0.102. The first-order valence-corrected chi connectivity index (χ1v) is 7.62. The van der Waals surface area contributed by atoms with Gasteiger partial charge in [0.15, 0.2) is 0 Å². The van der Waals surface area contributed by atoms with Crippen LogP contribution in [0.15, 0.2) is 41.1 Å². The summed E-state index contributed by atoms with van der Waals surface area (Å²) in [4.78, 5) is 14.2. The summed E-state index contributed by atoms with van der Waals surface area (Å²) in [5.41, 5.74) is 1.80. The molecule has 3 nitrogen and oxygen atoms in total. The van der Waals surface area contributed by atoms with Crippen molar-refractivity contribution in [2.75, 3.05) is 20.6 Å². The van der Waals surface area contributed by atoms with Gasteiger partial charge in [-0.15, -0.1) is 0 Å². The Morgan fingerprint density at radius 3 is 2.80 bits per heavy atom. The van der Waals surface area contributed by atoms with Crippen molar-refractivity contribution in [2.24, 2.45) is 0 Å². The SMILES string of the molecule is CN(C)[C@H](CNC(=O)c1cccc(Cl)c1)c1ccsc1. The molecule has 1 heterocycles. The Morgan fingerprint density at radius 1 is 1.40 bits per heavy atom. The molecular weight excluding hydrogens is 292 g/mol. The molecule has 0 aliphatic carbocycles. The fraction of sp³-hybridized carbons (Fsp3) is 0.267. The van der Waals surface area contributed by atoms with Crippen LogP contribution in [0.2, 0.25) is 5.02 Å². The first kappa shape index (κ1) is 15.0. The number of carbonyl (C=O) groups is 1. The summed E-state index contributed by atoms with van der Waals surface area (Å²) in [5, 5.41) is 7.68. The fourth-order valence-electron chi connectivity index (χ4n) is 1.98. The molecule has 0 saturated carbocycles. The van der Waals surface area contributed by atoms with Crippen LogP contribution in [-0.2, 0) is 0 Å². The summed E-state index contributed by atoms with van der Waals surface area (Å²) in [7, 11) is 4.02. The van der Waals surface area contributed by atoms with Crippen LogP contribution in [0, 0.1) is 0 Å². The molecular formula is C15H17ClN2OS. The molecule has 0 spiro atoms. The molecule has 1 aromatic heterocycles. The molecule has 0 aliphatic heterocycles. The third-order valence-electron chi connectivity index (χ3n) is 3.09. The van der Waals surface area contributed by atoms with Crippen molar-refractivity contribution in [2.45, 2.75) is 6.04 Å². The van der Waals surface area contributed by atoms with Gasteiger partial charge in [-0.05, 0) is 54.7 Å². The summed E-state index contributed by atoms with van der Waals surface area (Å²) >= 11 is 7.56. The Balaban J connectivity index is 2.01. The number of nitrogens with one attached hydrogen (secondary N) is 1. The van der Waals surface area contributed by atoms with Crippen molar-refractivity contribution in [1.82, 2.24) is 10.2 Å². The minimum absolute atomic E-state index is 0.102. The number of benzene rings is 1. The molecule has 2 rings (SSSR count). The zero-order valence-electron chi connectivity index (χ0n) is 11.5. The van der Waals surface area contributed by atoms with Crippen molar-refractivity contribution in [3.8, 4) is 0 Å². The van der Waals surface area contributed by atoms with Crippen molar-refractivity contribution in [1.29, 1.82) is 0 Å². The molecule has 1 atom stereocenters. The predicted molar refractivity (Wildman–Crippen MR) is 84.5 cm³/mol. The Labute approximate surface area is 128 Å². The molecule has 1 N–H and O–H groups in total. The number of thiophene rings is 1. The van der Waals surface area contributed by atoms with E-state index < -0.39 is 0 Å². The average Bonchev–Trinajstić information content (AvgIpc) is 2.92. The summed E-state index contributed by atoms with van der Waals surface area (Å²) < 4.78 is 0. The molecule has 0 radical (unpaired) electrons. The molecule has 2 aromatic rings. The van der Waals surface area contributed by atoms with Crippen molar-refractivity contribution >= 4 is 28.8 Å². The Morgan fingerprint density at radius 2 is 2.20 bits per heavy atom. The van der Waals surface area contributed by atoms with Crippen LogP contribution in [0.1, 0.15) is 22.0 Å². The number of carbonyl (C=O) groups excluding carboxylic acids is 1. The van der Waals surface area contributed by atoms with Crippen molar-refractivity contribution in [3.05, 3.63) is 57.2 Å². The van der Waals surface area contributed by atoms with Crippen molar-refractivity contribution < 1.29 is 4.79 Å². The molecule has 5 heteroatoms. The normalized spacial score (nSPS) is 12.4. The highest BCUT2D eigenvalue weighted by molar-refractivity contribution is 7.07. The van der Waals surface area contributed by atoms with Gasteiger partial charge in [0.1, 0.15) is 0 Å². The quantitative estimate of drug-likeness (QED) is 0.918. The lowest BCUT2D eigenvalue weighted by Gasteiger charge is -2.24. The maximum atomic E-state index is 12.1. The number of nitrogens with zero attached hydrogens (tertiary/aromatic N) is 1. The van der Waals surface area contributed by atoms with Gasteiger partial charge in [0.25, 0.3) is 5.91 Å². The summed E-state index contributed by atoms with van der Waals surface area (Å²) in [6.45, 7) is 0.565. The minimum Gasteiger partial charge on any atom is -0.350 e. The van der Waals surface area contributed by atoms with Gasteiger partial charge in [-0.3, -0.25) is 4.79 Å². The second-order valence-corrected chi connectivity index (χ2v) is 5.97.